The van der Waals surface area contributed by atoms with Crippen LogP contribution in [0.25, 0.3) is 0 Å². The van der Waals surface area contributed by atoms with E-state index in [4.69, 9.17) is 16.3 Å². The third-order valence-corrected chi connectivity index (χ3v) is 2.80. The lowest BCUT2D eigenvalue weighted by Gasteiger charge is -2.04. The molecule has 100 valence electrons. The number of pyridine rings is 1. The van der Waals surface area contributed by atoms with Crippen LogP contribution in [0.5, 0.6) is 0 Å². The van der Waals surface area contributed by atoms with Crippen molar-refractivity contribution in [1.82, 2.24) is 15.0 Å². The molecule has 5 heteroatoms. The van der Waals surface area contributed by atoms with Crippen LogP contribution in [0.3, 0.4) is 0 Å². The smallest absolute Gasteiger partial charge is 0.155 e. The van der Waals surface area contributed by atoms with Crippen molar-refractivity contribution in [3.63, 3.8) is 0 Å². The molecule has 0 fully saturated rings. The summed E-state index contributed by atoms with van der Waals surface area (Å²) in [6.07, 6.45) is 5.55. The molecule has 0 aromatic carbocycles. The summed E-state index contributed by atoms with van der Waals surface area (Å²) >= 11 is 5.86. The SMILES string of the molecule is Cc1cc(Cl)nc(COCCCc2ccncc2)n1. The van der Waals surface area contributed by atoms with E-state index in [1.165, 1.54) is 5.56 Å². The van der Waals surface area contributed by atoms with E-state index in [-0.39, 0.29) is 0 Å². The van der Waals surface area contributed by atoms with Crippen molar-refractivity contribution in [2.45, 2.75) is 26.4 Å². The van der Waals surface area contributed by atoms with E-state index >= 15 is 0 Å². The van der Waals surface area contributed by atoms with Gasteiger partial charge >= 0.3 is 0 Å². The van der Waals surface area contributed by atoms with Crippen LogP contribution in [-0.2, 0) is 17.8 Å². The maximum Gasteiger partial charge on any atom is 0.155 e. The maximum atomic E-state index is 5.86. The molecule has 0 bridgehead atoms. The summed E-state index contributed by atoms with van der Waals surface area (Å²) in [6.45, 7) is 2.97. The molecule has 0 N–H and O–H groups in total. The van der Waals surface area contributed by atoms with Gasteiger partial charge in [0.2, 0.25) is 0 Å². The largest absolute Gasteiger partial charge is 0.373 e. The van der Waals surface area contributed by atoms with Crippen molar-refractivity contribution in [3.05, 3.63) is 52.8 Å². The quantitative estimate of drug-likeness (QED) is 0.602. The van der Waals surface area contributed by atoms with E-state index < -0.39 is 0 Å². The lowest BCUT2D eigenvalue weighted by Crippen LogP contribution is -2.02. The number of halogens is 1. The molecule has 0 amide bonds. The standard InChI is InChI=1S/C14H16ClN3O/c1-11-9-13(15)18-14(17-11)10-19-8-2-3-12-4-6-16-7-5-12/h4-7,9H,2-3,8,10H2,1H3. The first kappa shape index (κ1) is 13.9. The number of nitrogens with zero attached hydrogens (tertiary/aromatic N) is 3. The minimum atomic E-state index is 0.401. The number of ether oxygens (including phenoxy) is 1. The van der Waals surface area contributed by atoms with E-state index in [1.807, 2.05) is 19.1 Å². The first-order chi connectivity index (χ1) is 9.24. The minimum Gasteiger partial charge on any atom is -0.373 e. The van der Waals surface area contributed by atoms with Gasteiger partial charge in [-0.05, 0) is 43.5 Å². The average molecular weight is 278 g/mol. The first-order valence-electron chi connectivity index (χ1n) is 6.21. The molecule has 2 heterocycles. The third kappa shape index (κ3) is 4.93. The van der Waals surface area contributed by atoms with Crippen molar-refractivity contribution in [2.24, 2.45) is 0 Å². The Morgan fingerprint density at radius 3 is 2.74 bits per heavy atom. The highest BCUT2D eigenvalue weighted by Crippen LogP contribution is 2.07. The molecule has 0 spiro atoms. The number of aromatic nitrogens is 3. The molecule has 0 aliphatic rings. The van der Waals surface area contributed by atoms with Crippen molar-refractivity contribution in [2.75, 3.05) is 6.61 Å². The number of aryl methyl sites for hydroxylation is 2. The molecule has 0 saturated heterocycles. The second kappa shape index (κ2) is 7.16. The van der Waals surface area contributed by atoms with E-state index in [1.54, 1.807) is 18.5 Å². The zero-order valence-electron chi connectivity index (χ0n) is 10.8. The zero-order chi connectivity index (χ0) is 13.5. The van der Waals surface area contributed by atoms with Crippen LogP contribution in [0.2, 0.25) is 5.15 Å². The summed E-state index contributed by atoms with van der Waals surface area (Å²) < 4.78 is 5.55. The van der Waals surface area contributed by atoms with Crippen LogP contribution in [0.1, 0.15) is 23.5 Å². The predicted octanol–water partition coefficient (Wildman–Crippen LogP) is 2.98. The molecule has 2 rings (SSSR count). The lowest BCUT2D eigenvalue weighted by atomic mass is 10.1. The molecule has 4 nitrogen and oxygen atoms in total. The molecular weight excluding hydrogens is 262 g/mol. The van der Waals surface area contributed by atoms with E-state index in [0.29, 0.717) is 24.2 Å². The zero-order valence-corrected chi connectivity index (χ0v) is 11.6. The number of rotatable bonds is 6. The van der Waals surface area contributed by atoms with Gasteiger partial charge in [-0.25, -0.2) is 9.97 Å². The summed E-state index contributed by atoms with van der Waals surface area (Å²) in [6, 6.07) is 5.77. The normalized spacial score (nSPS) is 10.6. The molecule has 0 radical (unpaired) electrons. The van der Waals surface area contributed by atoms with Crippen molar-refractivity contribution < 1.29 is 4.74 Å². The van der Waals surface area contributed by atoms with Crippen LogP contribution in [0, 0.1) is 6.92 Å². The van der Waals surface area contributed by atoms with Crippen LogP contribution in [0.4, 0.5) is 0 Å². The highest BCUT2D eigenvalue weighted by Gasteiger charge is 2.01. The van der Waals surface area contributed by atoms with Gasteiger partial charge in [0.25, 0.3) is 0 Å². The van der Waals surface area contributed by atoms with Gasteiger partial charge in [0, 0.05) is 24.7 Å². The van der Waals surface area contributed by atoms with Gasteiger partial charge in [0.15, 0.2) is 5.82 Å². The van der Waals surface area contributed by atoms with Gasteiger partial charge < -0.3 is 4.74 Å². The van der Waals surface area contributed by atoms with E-state index in [2.05, 4.69) is 15.0 Å². The van der Waals surface area contributed by atoms with Crippen LogP contribution >= 0.6 is 11.6 Å². The molecule has 2 aromatic rings. The Balaban J connectivity index is 1.69. The average Bonchev–Trinajstić information content (AvgIpc) is 2.38. The maximum absolute atomic E-state index is 5.86. The van der Waals surface area contributed by atoms with Crippen molar-refractivity contribution >= 4 is 11.6 Å². The molecule has 0 atom stereocenters. The Morgan fingerprint density at radius 1 is 1.21 bits per heavy atom. The fraction of sp³-hybridized carbons (Fsp3) is 0.357. The van der Waals surface area contributed by atoms with Gasteiger partial charge in [-0.2, -0.15) is 0 Å². The van der Waals surface area contributed by atoms with E-state index in [0.717, 1.165) is 18.5 Å². The predicted molar refractivity (Wildman–Crippen MR) is 74.0 cm³/mol. The number of hydrogen-bond acceptors (Lipinski definition) is 4. The highest BCUT2D eigenvalue weighted by atomic mass is 35.5. The topological polar surface area (TPSA) is 47.9 Å². The minimum absolute atomic E-state index is 0.401. The molecular formula is C14H16ClN3O. The van der Waals surface area contributed by atoms with Gasteiger partial charge in [-0.1, -0.05) is 11.6 Å². The lowest BCUT2D eigenvalue weighted by molar-refractivity contribution is 0.113. The van der Waals surface area contributed by atoms with Gasteiger partial charge in [-0.3, -0.25) is 4.98 Å². The van der Waals surface area contributed by atoms with Crippen LogP contribution < -0.4 is 0 Å². The van der Waals surface area contributed by atoms with Gasteiger partial charge in [0.05, 0.1) is 0 Å². The second-order valence-electron chi connectivity index (χ2n) is 4.26. The summed E-state index contributed by atoms with van der Waals surface area (Å²) in [5.74, 6) is 0.633. The second-order valence-corrected chi connectivity index (χ2v) is 4.65. The Morgan fingerprint density at radius 2 is 2.00 bits per heavy atom. The van der Waals surface area contributed by atoms with Crippen LogP contribution in [-0.4, -0.2) is 21.6 Å². The fourth-order valence-electron chi connectivity index (χ4n) is 1.74. The number of hydrogen-bond donors (Lipinski definition) is 0. The van der Waals surface area contributed by atoms with Crippen molar-refractivity contribution in [3.8, 4) is 0 Å². The monoisotopic (exact) mass is 277 g/mol. The highest BCUT2D eigenvalue weighted by molar-refractivity contribution is 6.29. The van der Waals surface area contributed by atoms with Crippen molar-refractivity contribution in [1.29, 1.82) is 0 Å². The molecule has 0 aliphatic heterocycles. The Hall–Kier alpha value is -1.52. The molecule has 0 unspecified atom stereocenters. The summed E-state index contributed by atoms with van der Waals surface area (Å²) in [7, 11) is 0. The van der Waals surface area contributed by atoms with Crippen LogP contribution in [0.15, 0.2) is 30.6 Å². The Bertz CT molecular complexity index is 499. The fourth-order valence-corrected chi connectivity index (χ4v) is 2.00. The Labute approximate surface area is 117 Å². The summed E-state index contributed by atoms with van der Waals surface area (Å²) in [5, 5.41) is 0.461. The molecule has 2 aromatic heterocycles. The molecule has 0 aliphatic carbocycles. The van der Waals surface area contributed by atoms with Gasteiger partial charge in [0.1, 0.15) is 11.8 Å². The van der Waals surface area contributed by atoms with Gasteiger partial charge in [-0.15, -0.1) is 0 Å². The Kier molecular flexibility index (Phi) is 5.24. The summed E-state index contributed by atoms with van der Waals surface area (Å²) in [5.41, 5.74) is 2.13. The molecule has 19 heavy (non-hydrogen) atoms. The third-order valence-electron chi connectivity index (χ3n) is 2.60. The molecule has 0 saturated carbocycles. The first-order valence-corrected chi connectivity index (χ1v) is 6.58. The van der Waals surface area contributed by atoms with E-state index in [9.17, 15) is 0 Å². The summed E-state index contributed by atoms with van der Waals surface area (Å²) in [4.78, 5) is 12.4.